The van der Waals surface area contributed by atoms with E-state index in [2.05, 4.69) is 18.2 Å². The van der Waals surface area contributed by atoms with Gasteiger partial charge in [-0.3, -0.25) is 0 Å². The SMILES string of the molecule is CCOC(=O)C1c2ccc(OCCNC(=O)OC(C)(C)C)cc2C2CN1C(=O)N2OS. The van der Waals surface area contributed by atoms with E-state index in [9.17, 15) is 14.4 Å². The van der Waals surface area contributed by atoms with Gasteiger partial charge in [0.25, 0.3) is 0 Å². The summed E-state index contributed by atoms with van der Waals surface area (Å²) in [6.07, 6.45) is -0.523. The minimum Gasteiger partial charge on any atom is -0.492 e. The van der Waals surface area contributed by atoms with Gasteiger partial charge < -0.3 is 24.4 Å². The second-order valence-electron chi connectivity index (χ2n) is 8.08. The second kappa shape index (κ2) is 9.23. The molecule has 1 aromatic rings. The molecule has 0 radical (unpaired) electrons. The lowest BCUT2D eigenvalue weighted by Crippen LogP contribution is -2.39. The third-order valence-corrected chi connectivity index (χ3v) is 4.92. The topological polar surface area (TPSA) is 107 Å². The fourth-order valence-electron chi connectivity index (χ4n) is 3.59. The van der Waals surface area contributed by atoms with Gasteiger partial charge in [-0.15, -0.1) is 0 Å². The molecule has 1 fully saturated rings. The molecule has 2 unspecified atom stereocenters. The number of carbonyl (C=O) groups is 3. The fraction of sp³-hybridized carbons (Fsp3) is 0.550. The van der Waals surface area contributed by atoms with E-state index in [0.29, 0.717) is 16.9 Å². The first-order valence-electron chi connectivity index (χ1n) is 9.97. The van der Waals surface area contributed by atoms with Crippen molar-refractivity contribution in [3.05, 3.63) is 29.3 Å². The summed E-state index contributed by atoms with van der Waals surface area (Å²) in [6.45, 7) is 7.99. The second-order valence-corrected chi connectivity index (χ2v) is 8.24. The van der Waals surface area contributed by atoms with Gasteiger partial charge in [0.15, 0.2) is 6.04 Å². The Balaban J connectivity index is 1.72. The molecule has 11 heteroatoms. The largest absolute Gasteiger partial charge is 0.492 e. The molecule has 31 heavy (non-hydrogen) atoms. The number of fused-ring (bicyclic) bond motifs is 4. The van der Waals surface area contributed by atoms with E-state index in [4.69, 9.17) is 18.5 Å². The van der Waals surface area contributed by atoms with E-state index in [1.807, 2.05) is 0 Å². The van der Waals surface area contributed by atoms with Crippen LogP contribution < -0.4 is 10.1 Å². The molecular formula is C20H27N3O7S. The van der Waals surface area contributed by atoms with Crippen LogP contribution >= 0.6 is 12.9 Å². The zero-order valence-electron chi connectivity index (χ0n) is 17.9. The Bertz CT molecular complexity index is 858. The molecule has 1 aromatic carbocycles. The quantitative estimate of drug-likeness (QED) is 0.283. The number of hydroxylamine groups is 2. The molecule has 0 aromatic heterocycles. The van der Waals surface area contributed by atoms with E-state index in [1.165, 1.54) is 4.90 Å². The number of hydrogen-bond donors (Lipinski definition) is 2. The summed E-state index contributed by atoms with van der Waals surface area (Å²) >= 11 is 3.79. The van der Waals surface area contributed by atoms with Gasteiger partial charge in [0.1, 0.15) is 24.0 Å². The molecule has 0 aliphatic carbocycles. The van der Waals surface area contributed by atoms with Crippen LogP contribution in [0.3, 0.4) is 0 Å². The van der Waals surface area contributed by atoms with E-state index in [-0.39, 0.29) is 26.3 Å². The predicted molar refractivity (Wildman–Crippen MR) is 112 cm³/mol. The molecule has 2 atom stereocenters. The Hall–Kier alpha value is -2.66. The van der Waals surface area contributed by atoms with Crippen LogP contribution in [-0.4, -0.2) is 60.0 Å². The van der Waals surface area contributed by atoms with Crippen molar-refractivity contribution >= 4 is 31.0 Å². The number of esters is 1. The van der Waals surface area contributed by atoms with Crippen molar-refractivity contribution < 1.29 is 32.9 Å². The average molecular weight is 454 g/mol. The van der Waals surface area contributed by atoms with Crippen LogP contribution in [0.4, 0.5) is 9.59 Å². The molecule has 1 saturated heterocycles. The maximum absolute atomic E-state index is 12.7. The summed E-state index contributed by atoms with van der Waals surface area (Å²) in [4.78, 5) is 38.3. The number of hydrogen-bond acceptors (Lipinski definition) is 8. The molecule has 3 amide bonds. The Morgan fingerprint density at radius 3 is 2.65 bits per heavy atom. The van der Waals surface area contributed by atoms with Crippen molar-refractivity contribution in [3.63, 3.8) is 0 Å². The van der Waals surface area contributed by atoms with Crippen molar-refractivity contribution in [1.29, 1.82) is 0 Å². The van der Waals surface area contributed by atoms with Crippen molar-refractivity contribution in [3.8, 4) is 5.75 Å². The standard InChI is InChI=1S/C20H27N3O7S/c1-5-27-17(24)16-13-7-6-12(28-9-8-21-18(25)29-20(2,3)4)10-14(13)15-11-22(16)19(26)23(15)30-31/h6-7,10,15-16,31H,5,8-9,11H2,1-4H3,(H,21,25). The Morgan fingerprint density at radius 1 is 1.26 bits per heavy atom. The van der Waals surface area contributed by atoms with Gasteiger partial charge in [-0.1, -0.05) is 6.07 Å². The lowest BCUT2D eigenvalue weighted by Gasteiger charge is -2.31. The number of nitrogens with zero attached hydrogens (tertiary/aromatic N) is 2. The first-order valence-corrected chi connectivity index (χ1v) is 10.3. The van der Waals surface area contributed by atoms with E-state index < -0.39 is 35.8 Å². The van der Waals surface area contributed by atoms with Gasteiger partial charge in [0.05, 0.1) is 19.7 Å². The number of benzene rings is 1. The third kappa shape index (κ3) is 4.99. The summed E-state index contributed by atoms with van der Waals surface area (Å²) < 4.78 is 21.1. The fourth-order valence-corrected chi connectivity index (χ4v) is 3.77. The normalized spacial score (nSPS) is 19.7. The van der Waals surface area contributed by atoms with Crippen LogP contribution in [0, 0.1) is 0 Å². The number of urea groups is 1. The Kier molecular flexibility index (Phi) is 6.85. The van der Waals surface area contributed by atoms with Gasteiger partial charge in [0, 0.05) is 12.9 Å². The lowest BCUT2D eigenvalue weighted by molar-refractivity contribution is -0.148. The molecule has 170 valence electrons. The minimum absolute atomic E-state index is 0.203. The molecule has 1 N–H and O–H groups in total. The van der Waals surface area contributed by atoms with Crippen LogP contribution in [0.5, 0.6) is 5.75 Å². The van der Waals surface area contributed by atoms with Crippen molar-refractivity contribution in [2.75, 3.05) is 26.3 Å². The van der Waals surface area contributed by atoms with Crippen LogP contribution in [0.1, 0.15) is 50.9 Å². The molecule has 0 saturated carbocycles. The lowest BCUT2D eigenvalue weighted by atomic mass is 9.91. The molecule has 2 aliphatic heterocycles. The first kappa shape index (κ1) is 23.0. The molecule has 2 aliphatic rings. The highest BCUT2D eigenvalue weighted by Gasteiger charge is 2.51. The zero-order valence-corrected chi connectivity index (χ0v) is 18.8. The third-order valence-electron chi connectivity index (χ3n) is 4.75. The summed E-state index contributed by atoms with van der Waals surface area (Å²) in [6, 6.07) is 3.44. The Morgan fingerprint density at radius 2 is 2.00 bits per heavy atom. The smallest absolute Gasteiger partial charge is 0.407 e. The Labute approximate surface area is 186 Å². The number of alkyl carbamates (subject to hydrolysis) is 1. The maximum Gasteiger partial charge on any atom is 0.407 e. The highest BCUT2D eigenvalue weighted by molar-refractivity contribution is 7.75. The van der Waals surface area contributed by atoms with Crippen LogP contribution in [0.25, 0.3) is 0 Å². The van der Waals surface area contributed by atoms with E-state index in [0.717, 1.165) is 5.06 Å². The number of thiol groups is 1. The number of amides is 3. The zero-order chi connectivity index (χ0) is 22.8. The molecule has 10 nitrogen and oxygen atoms in total. The molecule has 2 bridgehead atoms. The van der Waals surface area contributed by atoms with Crippen molar-refractivity contribution in [2.45, 2.75) is 45.4 Å². The molecular weight excluding hydrogens is 426 g/mol. The first-order chi connectivity index (χ1) is 14.7. The van der Waals surface area contributed by atoms with Crippen LogP contribution in [0.2, 0.25) is 0 Å². The highest BCUT2D eigenvalue weighted by atomic mass is 32.1. The van der Waals surface area contributed by atoms with Gasteiger partial charge in [0.2, 0.25) is 0 Å². The van der Waals surface area contributed by atoms with Gasteiger partial charge >= 0.3 is 18.1 Å². The van der Waals surface area contributed by atoms with Gasteiger partial charge in [-0.2, -0.15) is 5.06 Å². The van der Waals surface area contributed by atoms with Gasteiger partial charge in [-0.25, -0.2) is 18.7 Å². The summed E-state index contributed by atoms with van der Waals surface area (Å²) in [5.41, 5.74) is 0.786. The van der Waals surface area contributed by atoms with Crippen molar-refractivity contribution in [1.82, 2.24) is 15.3 Å². The summed E-state index contributed by atoms with van der Waals surface area (Å²) in [5, 5.41) is 3.74. The average Bonchev–Trinajstić information content (AvgIpc) is 2.97. The number of ether oxygens (including phenoxy) is 3. The van der Waals surface area contributed by atoms with E-state index >= 15 is 0 Å². The monoisotopic (exact) mass is 453 g/mol. The number of rotatable bonds is 7. The van der Waals surface area contributed by atoms with E-state index in [1.54, 1.807) is 45.9 Å². The van der Waals surface area contributed by atoms with Gasteiger partial charge in [-0.05, 0) is 51.0 Å². The molecule has 2 heterocycles. The molecule has 3 rings (SSSR count). The minimum atomic E-state index is -0.866. The number of carbonyl (C=O) groups excluding carboxylic acids is 3. The van der Waals surface area contributed by atoms with Crippen LogP contribution in [0.15, 0.2) is 18.2 Å². The summed E-state index contributed by atoms with van der Waals surface area (Å²) in [7, 11) is 0. The number of nitrogens with one attached hydrogen (secondary N) is 1. The van der Waals surface area contributed by atoms with Crippen LogP contribution in [-0.2, 0) is 18.6 Å². The predicted octanol–water partition coefficient (Wildman–Crippen LogP) is 2.76. The molecule has 0 spiro atoms. The van der Waals surface area contributed by atoms with Crippen molar-refractivity contribution in [2.24, 2.45) is 0 Å². The maximum atomic E-state index is 12.7. The summed E-state index contributed by atoms with van der Waals surface area (Å²) in [5.74, 6) is 0.0195. The highest BCUT2D eigenvalue weighted by Crippen LogP contribution is 2.45.